The molecule has 0 aliphatic rings. The zero-order chi connectivity index (χ0) is 10.4. The van der Waals surface area contributed by atoms with E-state index in [0.29, 0.717) is 5.57 Å². The number of benzene rings is 1. The molecule has 1 aromatic rings. The van der Waals surface area contributed by atoms with Gasteiger partial charge in [-0.15, -0.1) is 0 Å². The van der Waals surface area contributed by atoms with E-state index < -0.39 is 5.97 Å². The first-order chi connectivity index (χ1) is 6.68. The largest absolute Gasteiger partial charge is 1.00 e. The molecule has 72 valence electrons. The van der Waals surface area contributed by atoms with Gasteiger partial charge in [0.2, 0.25) is 0 Å². The van der Waals surface area contributed by atoms with Crippen LogP contribution in [0.4, 0.5) is 0 Å². The van der Waals surface area contributed by atoms with Crippen LogP contribution in [0.1, 0.15) is 12.5 Å². The minimum absolute atomic E-state index is 0. The van der Waals surface area contributed by atoms with Gasteiger partial charge in [0.05, 0.1) is 5.97 Å². The van der Waals surface area contributed by atoms with Gasteiger partial charge < -0.3 is 9.90 Å². The Balaban J connectivity index is 0.00000196. The zero-order valence-electron chi connectivity index (χ0n) is 8.94. The van der Waals surface area contributed by atoms with E-state index in [1.54, 1.807) is 13.0 Å². The van der Waals surface area contributed by atoms with Gasteiger partial charge in [0.1, 0.15) is 0 Å². The standard InChI is InChI=1S/C12H12O2.Na/c1-10(9-12(13)14)7-8-11-5-3-2-4-6-11;/h2-9H,1H3,(H,13,14);/q;+1/p-1/b8-7+,10-9+;. The minimum atomic E-state index is -1.17. The van der Waals surface area contributed by atoms with Gasteiger partial charge in [0.15, 0.2) is 0 Å². The summed E-state index contributed by atoms with van der Waals surface area (Å²) in [6.45, 7) is 1.72. The number of rotatable bonds is 3. The summed E-state index contributed by atoms with van der Waals surface area (Å²) in [5.41, 5.74) is 1.70. The molecule has 1 rings (SSSR count). The molecule has 0 N–H and O–H groups in total. The third-order valence-corrected chi connectivity index (χ3v) is 1.68. The SMILES string of the molecule is CC(/C=C/c1ccccc1)=C\C(=O)[O-].[Na+]. The maximum atomic E-state index is 10.2. The quantitative estimate of drug-likeness (QED) is 0.342. The second-order valence-electron chi connectivity index (χ2n) is 2.95. The van der Waals surface area contributed by atoms with E-state index in [-0.39, 0.29) is 29.6 Å². The van der Waals surface area contributed by atoms with E-state index in [2.05, 4.69) is 0 Å². The smallest absolute Gasteiger partial charge is 0.545 e. The Morgan fingerprint density at radius 3 is 2.40 bits per heavy atom. The van der Waals surface area contributed by atoms with Crippen LogP contribution in [0.2, 0.25) is 0 Å². The van der Waals surface area contributed by atoms with Crippen LogP contribution in [-0.2, 0) is 4.79 Å². The molecule has 0 saturated heterocycles. The van der Waals surface area contributed by atoms with Gasteiger partial charge in [-0.2, -0.15) is 0 Å². The fraction of sp³-hybridized carbons (Fsp3) is 0.0833. The number of carbonyl (C=O) groups excluding carboxylic acids is 1. The summed E-state index contributed by atoms with van der Waals surface area (Å²) in [6, 6.07) is 9.68. The molecule has 0 spiro atoms. The van der Waals surface area contributed by atoms with Crippen molar-refractivity contribution in [3.8, 4) is 0 Å². The molecular formula is C12H11NaO2. The third kappa shape index (κ3) is 6.28. The molecule has 1 aromatic carbocycles. The van der Waals surface area contributed by atoms with Gasteiger partial charge in [-0.3, -0.25) is 0 Å². The van der Waals surface area contributed by atoms with Gasteiger partial charge >= 0.3 is 29.6 Å². The molecule has 15 heavy (non-hydrogen) atoms. The van der Waals surface area contributed by atoms with Crippen molar-refractivity contribution in [3.63, 3.8) is 0 Å². The first-order valence-corrected chi connectivity index (χ1v) is 4.31. The summed E-state index contributed by atoms with van der Waals surface area (Å²) in [4.78, 5) is 10.2. The van der Waals surface area contributed by atoms with E-state index in [1.165, 1.54) is 0 Å². The number of allylic oxidation sites excluding steroid dienone is 2. The van der Waals surface area contributed by atoms with Gasteiger partial charge in [0, 0.05) is 0 Å². The van der Waals surface area contributed by atoms with Crippen LogP contribution in [0.25, 0.3) is 6.08 Å². The van der Waals surface area contributed by atoms with Crippen molar-refractivity contribution in [2.75, 3.05) is 0 Å². The van der Waals surface area contributed by atoms with Crippen LogP contribution < -0.4 is 34.7 Å². The summed E-state index contributed by atoms with van der Waals surface area (Å²) in [7, 11) is 0. The molecule has 0 amide bonds. The van der Waals surface area contributed by atoms with E-state index in [4.69, 9.17) is 0 Å². The Morgan fingerprint density at radius 1 is 1.27 bits per heavy atom. The second kappa shape index (κ2) is 7.46. The Morgan fingerprint density at radius 2 is 1.87 bits per heavy atom. The van der Waals surface area contributed by atoms with Crippen molar-refractivity contribution < 1.29 is 39.5 Å². The van der Waals surface area contributed by atoms with E-state index in [0.717, 1.165) is 11.6 Å². The zero-order valence-corrected chi connectivity index (χ0v) is 10.9. The third-order valence-electron chi connectivity index (χ3n) is 1.68. The van der Waals surface area contributed by atoms with Crippen molar-refractivity contribution in [2.24, 2.45) is 0 Å². The van der Waals surface area contributed by atoms with Crippen LogP contribution >= 0.6 is 0 Å². The van der Waals surface area contributed by atoms with Crippen molar-refractivity contribution in [3.05, 3.63) is 53.6 Å². The Labute approximate surface area is 112 Å². The average Bonchev–Trinajstić information content (AvgIpc) is 2.15. The normalized spacial score (nSPS) is 11.1. The summed E-state index contributed by atoms with van der Waals surface area (Å²) < 4.78 is 0. The van der Waals surface area contributed by atoms with Gasteiger partial charge in [0.25, 0.3) is 0 Å². The topological polar surface area (TPSA) is 40.1 Å². The van der Waals surface area contributed by atoms with Crippen LogP contribution in [0.5, 0.6) is 0 Å². The first kappa shape index (κ1) is 14.2. The number of hydrogen-bond acceptors (Lipinski definition) is 2. The Hall–Kier alpha value is -0.830. The van der Waals surface area contributed by atoms with E-state index >= 15 is 0 Å². The molecule has 0 unspecified atom stereocenters. The van der Waals surface area contributed by atoms with Gasteiger partial charge in [-0.05, 0) is 24.1 Å². The van der Waals surface area contributed by atoms with Crippen LogP contribution in [0, 0.1) is 0 Å². The van der Waals surface area contributed by atoms with E-state index in [1.807, 2.05) is 36.4 Å². The average molecular weight is 210 g/mol. The molecule has 2 nitrogen and oxygen atoms in total. The summed E-state index contributed by atoms with van der Waals surface area (Å²) in [5.74, 6) is -1.17. The number of aliphatic carboxylic acids is 1. The fourth-order valence-corrected chi connectivity index (χ4v) is 1.03. The predicted octanol–water partition coefficient (Wildman–Crippen LogP) is -1.60. The fourth-order valence-electron chi connectivity index (χ4n) is 1.03. The Kier molecular flexibility index (Phi) is 7.05. The molecule has 0 fully saturated rings. The monoisotopic (exact) mass is 210 g/mol. The predicted molar refractivity (Wildman–Crippen MR) is 54.2 cm³/mol. The van der Waals surface area contributed by atoms with Crippen molar-refractivity contribution in [1.82, 2.24) is 0 Å². The van der Waals surface area contributed by atoms with Crippen LogP contribution in [0.3, 0.4) is 0 Å². The number of carbonyl (C=O) groups is 1. The molecule has 3 heteroatoms. The number of hydrogen-bond donors (Lipinski definition) is 0. The molecule has 0 radical (unpaired) electrons. The molecule has 0 heterocycles. The first-order valence-electron chi connectivity index (χ1n) is 4.31. The Bertz CT molecular complexity index is 366. The summed E-state index contributed by atoms with van der Waals surface area (Å²) >= 11 is 0. The summed E-state index contributed by atoms with van der Waals surface area (Å²) in [5, 5.41) is 10.2. The molecule has 0 saturated carbocycles. The molecule has 0 aromatic heterocycles. The number of carboxylic acids is 1. The van der Waals surface area contributed by atoms with Gasteiger partial charge in [-0.25, -0.2) is 0 Å². The molecular weight excluding hydrogens is 199 g/mol. The second-order valence-corrected chi connectivity index (χ2v) is 2.95. The van der Waals surface area contributed by atoms with Crippen LogP contribution in [-0.4, -0.2) is 5.97 Å². The number of carboxylic acid groups (broad SMARTS) is 1. The van der Waals surface area contributed by atoms with Crippen LogP contribution in [0.15, 0.2) is 48.1 Å². The van der Waals surface area contributed by atoms with Gasteiger partial charge in [-0.1, -0.05) is 42.5 Å². The molecule has 0 bridgehead atoms. The molecule has 0 atom stereocenters. The van der Waals surface area contributed by atoms with Crippen molar-refractivity contribution in [2.45, 2.75) is 6.92 Å². The maximum Gasteiger partial charge on any atom is 1.00 e. The van der Waals surface area contributed by atoms with Crippen molar-refractivity contribution >= 4 is 12.0 Å². The van der Waals surface area contributed by atoms with E-state index in [9.17, 15) is 9.90 Å². The van der Waals surface area contributed by atoms with Crippen molar-refractivity contribution in [1.29, 1.82) is 0 Å². The summed E-state index contributed by atoms with van der Waals surface area (Å²) in [6.07, 6.45) is 4.67. The minimum Gasteiger partial charge on any atom is -0.545 e. The molecule has 0 aliphatic carbocycles. The maximum absolute atomic E-state index is 10.2. The molecule has 0 aliphatic heterocycles.